The van der Waals surface area contributed by atoms with Crippen LogP contribution >= 0.6 is 22.9 Å². The molecule has 4 rings (SSSR count). The van der Waals surface area contributed by atoms with E-state index >= 15 is 0 Å². The Bertz CT molecular complexity index is 1270. The van der Waals surface area contributed by atoms with Crippen LogP contribution in [0.3, 0.4) is 0 Å². The molecule has 2 aromatic carbocycles. The summed E-state index contributed by atoms with van der Waals surface area (Å²) in [4.78, 5) is 18.0. The third-order valence-corrected chi connectivity index (χ3v) is 6.51. The van der Waals surface area contributed by atoms with Crippen molar-refractivity contribution in [2.75, 3.05) is 12.8 Å². The number of nitrogens with one attached hydrogen (secondary N) is 1. The van der Waals surface area contributed by atoms with Gasteiger partial charge in [0.05, 0.1) is 17.0 Å². The number of ether oxygens (including phenoxy) is 1. The fourth-order valence-electron chi connectivity index (χ4n) is 3.27. The van der Waals surface area contributed by atoms with E-state index in [0.717, 1.165) is 21.2 Å². The van der Waals surface area contributed by atoms with Gasteiger partial charge in [0.1, 0.15) is 17.3 Å². The summed E-state index contributed by atoms with van der Waals surface area (Å²) in [7, 11) is 1.57. The number of nitrogens with two attached hydrogens (primary N) is 1. The fraction of sp³-hybridized carbons (Fsp3) is 0.167. The standard InChI is InChI=1S/C23H20ClN3O3S.CH4/c1-30-16-3-5-19(28)15(9-16)10-20-18(24)11-21(31-20)23(29)27-12-13-2-4-17-14(8-13)6-7-26-22(17)25;/h2-9,11,28H,10,12H2,1H3,(H2,25,26)(H,27,29);1H4. The van der Waals surface area contributed by atoms with Gasteiger partial charge in [0.15, 0.2) is 0 Å². The molecule has 4 N–H and O–H groups in total. The summed E-state index contributed by atoms with van der Waals surface area (Å²) in [5, 5.41) is 15.4. The molecule has 2 aromatic heterocycles. The second-order valence-corrected chi connectivity index (χ2v) is 8.53. The Morgan fingerprint density at radius 2 is 2.03 bits per heavy atom. The minimum Gasteiger partial charge on any atom is -0.508 e. The highest BCUT2D eigenvalue weighted by molar-refractivity contribution is 7.14. The Morgan fingerprint density at radius 1 is 1.22 bits per heavy atom. The summed E-state index contributed by atoms with van der Waals surface area (Å²) in [5.74, 6) is 1.08. The molecule has 32 heavy (non-hydrogen) atoms. The number of phenolic OH excluding ortho intramolecular Hbond substituents is 1. The number of phenols is 1. The van der Waals surface area contributed by atoms with E-state index in [2.05, 4.69) is 10.3 Å². The summed E-state index contributed by atoms with van der Waals surface area (Å²) >= 11 is 7.67. The van der Waals surface area contributed by atoms with E-state index in [1.807, 2.05) is 24.3 Å². The number of pyridine rings is 1. The normalized spacial score (nSPS) is 10.6. The number of halogens is 1. The Balaban J connectivity index is 0.00000289. The number of aromatic hydroxyl groups is 1. The van der Waals surface area contributed by atoms with E-state index in [1.165, 1.54) is 11.3 Å². The molecule has 2 heterocycles. The number of carbonyl (C=O) groups is 1. The van der Waals surface area contributed by atoms with Gasteiger partial charge in [-0.1, -0.05) is 31.2 Å². The molecule has 4 aromatic rings. The van der Waals surface area contributed by atoms with Crippen LogP contribution in [-0.4, -0.2) is 23.1 Å². The van der Waals surface area contributed by atoms with Crippen molar-refractivity contribution < 1.29 is 14.6 Å². The van der Waals surface area contributed by atoms with Crippen LogP contribution in [-0.2, 0) is 13.0 Å². The Hall–Kier alpha value is -3.29. The van der Waals surface area contributed by atoms with Crippen LogP contribution in [0.25, 0.3) is 10.8 Å². The molecule has 0 radical (unpaired) electrons. The summed E-state index contributed by atoms with van der Waals surface area (Å²) in [6.07, 6.45) is 2.06. The lowest BCUT2D eigenvalue weighted by Gasteiger charge is -2.07. The number of anilines is 1. The van der Waals surface area contributed by atoms with E-state index in [4.69, 9.17) is 22.1 Å². The van der Waals surface area contributed by atoms with E-state index in [9.17, 15) is 9.90 Å². The Kier molecular flexibility index (Phi) is 7.22. The van der Waals surface area contributed by atoms with Gasteiger partial charge in [0, 0.05) is 35.0 Å². The SMILES string of the molecule is C.COc1ccc(O)c(Cc2sc(C(=O)NCc3ccc4c(N)nccc4c3)cc2Cl)c1. The molecule has 0 aliphatic carbocycles. The quantitative estimate of drug-likeness (QED) is 0.351. The van der Waals surface area contributed by atoms with Crippen LogP contribution < -0.4 is 15.8 Å². The lowest BCUT2D eigenvalue weighted by Crippen LogP contribution is -2.21. The van der Waals surface area contributed by atoms with Crippen molar-refractivity contribution >= 4 is 45.4 Å². The predicted octanol–water partition coefficient (Wildman–Crippen LogP) is 5.40. The number of thiophene rings is 1. The van der Waals surface area contributed by atoms with E-state index in [-0.39, 0.29) is 19.1 Å². The topological polar surface area (TPSA) is 97.5 Å². The molecule has 8 heteroatoms. The highest BCUT2D eigenvalue weighted by Crippen LogP contribution is 2.33. The van der Waals surface area contributed by atoms with Gasteiger partial charge >= 0.3 is 0 Å². The molecule has 0 aliphatic rings. The molecule has 0 saturated heterocycles. The minimum absolute atomic E-state index is 0. The van der Waals surface area contributed by atoms with Crippen molar-refractivity contribution in [3.05, 3.63) is 80.6 Å². The van der Waals surface area contributed by atoms with Crippen LogP contribution in [0.15, 0.2) is 54.7 Å². The van der Waals surface area contributed by atoms with Crippen LogP contribution in [0, 0.1) is 0 Å². The maximum absolute atomic E-state index is 12.7. The summed E-state index contributed by atoms with van der Waals surface area (Å²) in [6, 6.07) is 14.4. The number of nitrogens with zero attached hydrogens (tertiary/aromatic N) is 1. The second-order valence-electron chi connectivity index (χ2n) is 6.99. The number of hydrogen-bond acceptors (Lipinski definition) is 6. The molecule has 1 amide bonds. The van der Waals surface area contributed by atoms with Crippen LogP contribution in [0.1, 0.15) is 33.1 Å². The van der Waals surface area contributed by atoms with E-state index < -0.39 is 0 Å². The van der Waals surface area contributed by atoms with Gasteiger partial charge < -0.3 is 20.9 Å². The van der Waals surface area contributed by atoms with Crippen LogP contribution in [0.2, 0.25) is 5.02 Å². The first-order chi connectivity index (χ1) is 14.9. The third kappa shape index (κ3) is 4.95. The zero-order valence-corrected chi connectivity index (χ0v) is 18.3. The summed E-state index contributed by atoms with van der Waals surface area (Å²) in [5.41, 5.74) is 7.52. The van der Waals surface area contributed by atoms with Gasteiger partial charge in [-0.25, -0.2) is 4.98 Å². The summed E-state index contributed by atoms with van der Waals surface area (Å²) in [6.45, 7) is 0.374. The zero-order valence-electron chi connectivity index (χ0n) is 16.7. The average Bonchev–Trinajstić information content (AvgIpc) is 3.14. The number of fused-ring (bicyclic) bond motifs is 1. The van der Waals surface area contributed by atoms with E-state index in [1.54, 1.807) is 37.6 Å². The number of methoxy groups -OCH3 is 1. The van der Waals surface area contributed by atoms with Crippen LogP contribution in [0.4, 0.5) is 5.82 Å². The van der Waals surface area contributed by atoms with Gasteiger partial charge in [0.2, 0.25) is 0 Å². The second kappa shape index (κ2) is 9.89. The molecular weight excluding hydrogens is 446 g/mol. The molecule has 0 fully saturated rings. The number of hydrogen-bond donors (Lipinski definition) is 3. The number of rotatable bonds is 6. The first-order valence-electron chi connectivity index (χ1n) is 9.50. The molecule has 166 valence electrons. The van der Waals surface area contributed by atoms with Crippen molar-refractivity contribution in [1.29, 1.82) is 0 Å². The average molecular weight is 470 g/mol. The first-order valence-corrected chi connectivity index (χ1v) is 10.7. The monoisotopic (exact) mass is 469 g/mol. The van der Waals surface area contributed by atoms with E-state index in [0.29, 0.717) is 40.0 Å². The van der Waals surface area contributed by atoms with Gasteiger partial charge in [-0.05, 0) is 47.3 Å². The number of nitrogen functional groups attached to an aromatic ring is 1. The predicted molar refractivity (Wildman–Crippen MR) is 131 cm³/mol. The van der Waals surface area contributed by atoms with Crippen molar-refractivity contribution in [1.82, 2.24) is 10.3 Å². The maximum Gasteiger partial charge on any atom is 0.261 e. The van der Waals surface area contributed by atoms with Crippen molar-refractivity contribution in [3.63, 3.8) is 0 Å². The molecule has 6 nitrogen and oxygen atoms in total. The van der Waals surface area contributed by atoms with Crippen molar-refractivity contribution in [3.8, 4) is 11.5 Å². The van der Waals surface area contributed by atoms with Crippen molar-refractivity contribution in [2.45, 2.75) is 20.4 Å². The first kappa shape index (κ1) is 23.4. The lowest BCUT2D eigenvalue weighted by molar-refractivity contribution is 0.0955. The molecule has 0 bridgehead atoms. The highest BCUT2D eigenvalue weighted by Gasteiger charge is 2.16. The highest BCUT2D eigenvalue weighted by atomic mass is 35.5. The Labute approximate surface area is 195 Å². The Morgan fingerprint density at radius 3 is 2.81 bits per heavy atom. The molecule has 0 atom stereocenters. The number of benzene rings is 2. The van der Waals surface area contributed by atoms with Crippen molar-refractivity contribution in [2.24, 2.45) is 0 Å². The molecule has 0 spiro atoms. The maximum atomic E-state index is 12.7. The van der Waals surface area contributed by atoms with Gasteiger partial charge in [-0.3, -0.25) is 4.79 Å². The largest absolute Gasteiger partial charge is 0.508 e. The van der Waals surface area contributed by atoms with Gasteiger partial charge in [-0.2, -0.15) is 0 Å². The lowest BCUT2D eigenvalue weighted by atomic mass is 10.1. The number of carbonyl (C=O) groups excluding carboxylic acids is 1. The van der Waals surface area contributed by atoms with Gasteiger partial charge in [0.25, 0.3) is 5.91 Å². The number of aromatic nitrogens is 1. The minimum atomic E-state index is -0.206. The fourth-order valence-corrected chi connectivity index (χ4v) is 4.62. The van der Waals surface area contributed by atoms with Gasteiger partial charge in [-0.15, -0.1) is 11.3 Å². The molecular formula is C24H24ClN3O3S. The third-order valence-electron chi connectivity index (χ3n) is 4.93. The molecule has 0 aliphatic heterocycles. The molecule has 0 saturated carbocycles. The molecule has 0 unspecified atom stereocenters. The van der Waals surface area contributed by atoms with Crippen LogP contribution in [0.5, 0.6) is 11.5 Å². The summed E-state index contributed by atoms with van der Waals surface area (Å²) < 4.78 is 5.21. The number of amides is 1. The smallest absolute Gasteiger partial charge is 0.261 e. The zero-order chi connectivity index (χ0) is 22.0.